The van der Waals surface area contributed by atoms with Gasteiger partial charge in [-0.2, -0.15) is 0 Å². The molecule has 1 rings (SSSR count). The van der Waals surface area contributed by atoms with Crippen LogP contribution in [0.3, 0.4) is 0 Å². The standard InChI is InChI=1S/C11H16N4O2/c1-4-5-10-14-15-11(17-10)7(2)6-9(12)13-8(3)16/h4,6-7H,1,5,12H2,2-3H3,(H,13,16)/b9-6+. The van der Waals surface area contributed by atoms with Gasteiger partial charge in [0.2, 0.25) is 17.7 Å². The lowest BCUT2D eigenvalue weighted by atomic mass is 10.2. The van der Waals surface area contributed by atoms with E-state index in [0.717, 1.165) is 0 Å². The molecule has 1 heterocycles. The van der Waals surface area contributed by atoms with Crippen molar-refractivity contribution in [1.82, 2.24) is 15.5 Å². The molecule has 0 aliphatic carbocycles. The highest BCUT2D eigenvalue weighted by molar-refractivity contribution is 5.74. The maximum atomic E-state index is 10.8. The van der Waals surface area contributed by atoms with E-state index in [1.54, 1.807) is 12.2 Å². The smallest absolute Gasteiger partial charge is 0.223 e. The Morgan fingerprint density at radius 2 is 2.35 bits per heavy atom. The van der Waals surface area contributed by atoms with Crippen molar-refractivity contribution in [2.45, 2.75) is 26.2 Å². The number of nitrogens with two attached hydrogens (primary N) is 1. The minimum absolute atomic E-state index is 0.159. The molecule has 92 valence electrons. The minimum Gasteiger partial charge on any atom is -0.424 e. The van der Waals surface area contributed by atoms with Crippen LogP contribution in [0.15, 0.2) is 29.0 Å². The fourth-order valence-corrected chi connectivity index (χ4v) is 1.24. The summed E-state index contributed by atoms with van der Waals surface area (Å²) in [6.07, 6.45) is 3.86. The molecule has 6 heteroatoms. The van der Waals surface area contributed by atoms with Gasteiger partial charge in [-0.25, -0.2) is 0 Å². The molecule has 3 N–H and O–H groups in total. The lowest BCUT2D eigenvalue weighted by Crippen LogP contribution is -2.25. The molecule has 0 spiro atoms. The second-order valence-corrected chi connectivity index (χ2v) is 3.62. The molecule has 0 aliphatic rings. The number of nitrogens with zero attached hydrogens (tertiary/aromatic N) is 2. The zero-order valence-corrected chi connectivity index (χ0v) is 9.93. The second-order valence-electron chi connectivity index (χ2n) is 3.62. The van der Waals surface area contributed by atoms with Gasteiger partial charge < -0.3 is 15.5 Å². The molecule has 6 nitrogen and oxygen atoms in total. The van der Waals surface area contributed by atoms with Gasteiger partial charge in [0.25, 0.3) is 0 Å². The predicted octanol–water partition coefficient (Wildman–Crippen LogP) is 0.838. The molecule has 0 radical (unpaired) electrons. The van der Waals surface area contributed by atoms with E-state index in [4.69, 9.17) is 10.2 Å². The van der Waals surface area contributed by atoms with Crippen molar-refractivity contribution < 1.29 is 9.21 Å². The molecular formula is C11H16N4O2. The summed E-state index contributed by atoms with van der Waals surface area (Å²) in [6, 6.07) is 0. The van der Waals surface area contributed by atoms with Crippen LogP contribution >= 0.6 is 0 Å². The van der Waals surface area contributed by atoms with Gasteiger partial charge in [-0.1, -0.05) is 6.08 Å². The quantitative estimate of drug-likeness (QED) is 0.739. The number of hydrogen-bond acceptors (Lipinski definition) is 5. The topological polar surface area (TPSA) is 94.0 Å². The summed E-state index contributed by atoms with van der Waals surface area (Å²) in [5, 5.41) is 10.2. The maximum Gasteiger partial charge on any atom is 0.223 e. The largest absolute Gasteiger partial charge is 0.424 e. The van der Waals surface area contributed by atoms with Crippen molar-refractivity contribution in [3.8, 4) is 0 Å². The number of carbonyl (C=O) groups excluding carboxylic acids is 1. The maximum absolute atomic E-state index is 10.8. The third kappa shape index (κ3) is 4.10. The number of amides is 1. The van der Waals surface area contributed by atoms with E-state index in [1.165, 1.54) is 6.92 Å². The molecule has 1 aromatic rings. The molecule has 0 fully saturated rings. The van der Waals surface area contributed by atoms with Gasteiger partial charge >= 0.3 is 0 Å². The Morgan fingerprint density at radius 1 is 1.65 bits per heavy atom. The molecule has 0 saturated carbocycles. The highest BCUT2D eigenvalue weighted by atomic mass is 16.4. The van der Waals surface area contributed by atoms with E-state index in [1.807, 2.05) is 6.92 Å². The first-order valence-corrected chi connectivity index (χ1v) is 5.21. The number of allylic oxidation sites excluding steroid dienone is 2. The fraction of sp³-hybridized carbons (Fsp3) is 0.364. The number of nitrogens with one attached hydrogen (secondary N) is 1. The first kappa shape index (κ1) is 13.0. The van der Waals surface area contributed by atoms with E-state index in [2.05, 4.69) is 22.1 Å². The van der Waals surface area contributed by atoms with Crippen LogP contribution in [0.2, 0.25) is 0 Å². The first-order valence-electron chi connectivity index (χ1n) is 5.21. The van der Waals surface area contributed by atoms with Gasteiger partial charge in [-0.3, -0.25) is 4.79 Å². The van der Waals surface area contributed by atoms with Crippen LogP contribution in [-0.4, -0.2) is 16.1 Å². The molecule has 1 aromatic heterocycles. The number of hydrogen-bond donors (Lipinski definition) is 2. The van der Waals surface area contributed by atoms with Crippen LogP contribution < -0.4 is 11.1 Å². The van der Waals surface area contributed by atoms with Crippen molar-refractivity contribution in [3.05, 3.63) is 36.3 Å². The van der Waals surface area contributed by atoms with Crippen molar-refractivity contribution in [3.63, 3.8) is 0 Å². The lowest BCUT2D eigenvalue weighted by molar-refractivity contribution is -0.118. The monoisotopic (exact) mass is 236 g/mol. The van der Waals surface area contributed by atoms with Gasteiger partial charge in [-0.05, 0) is 13.0 Å². The highest BCUT2D eigenvalue weighted by Gasteiger charge is 2.12. The third-order valence-electron chi connectivity index (χ3n) is 1.94. The number of rotatable bonds is 5. The van der Waals surface area contributed by atoms with Crippen molar-refractivity contribution in [1.29, 1.82) is 0 Å². The van der Waals surface area contributed by atoms with Gasteiger partial charge in [0.1, 0.15) is 0 Å². The molecule has 0 aromatic carbocycles. The number of carbonyl (C=O) groups is 1. The van der Waals surface area contributed by atoms with Gasteiger partial charge in [0.15, 0.2) is 0 Å². The van der Waals surface area contributed by atoms with Crippen LogP contribution in [0.5, 0.6) is 0 Å². The van der Waals surface area contributed by atoms with E-state index >= 15 is 0 Å². The second kappa shape index (κ2) is 5.83. The first-order chi connectivity index (χ1) is 8.02. The normalized spacial score (nSPS) is 13.2. The van der Waals surface area contributed by atoms with Crippen LogP contribution in [0.4, 0.5) is 0 Å². The molecule has 17 heavy (non-hydrogen) atoms. The zero-order chi connectivity index (χ0) is 12.8. The summed E-state index contributed by atoms with van der Waals surface area (Å²) in [4.78, 5) is 10.8. The van der Waals surface area contributed by atoms with Gasteiger partial charge in [-0.15, -0.1) is 16.8 Å². The predicted molar refractivity (Wildman–Crippen MR) is 62.7 cm³/mol. The van der Waals surface area contributed by atoms with Crippen molar-refractivity contribution >= 4 is 5.91 Å². The van der Waals surface area contributed by atoms with Crippen LogP contribution in [0, 0.1) is 0 Å². The molecule has 0 bridgehead atoms. The Labute approximate surface area is 99.6 Å². The highest BCUT2D eigenvalue weighted by Crippen LogP contribution is 2.15. The molecular weight excluding hydrogens is 220 g/mol. The Morgan fingerprint density at radius 3 is 2.94 bits per heavy atom. The van der Waals surface area contributed by atoms with Crippen LogP contribution in [-0.2, 0) is 11.2 Å². The molecule has 1 unspecified atom stereocenters. The Balaban J connectivity index is 2.71. The van der Waals surface area contributed by atoms with E-state index in [9.17, 15) is 4.79 Å². The van der Waals surface area contributed by atoms with E-state index in [-0.39, 0.29) is 17.6 Å². The third-order valence-corrected chi connectivity index (χ3v) is 1.94. The van der Waals surface area contributed by atoms with E-state index < -0.39 is 0 Å². The van der Waals surface area contributed by atoms with Gasteiger partial charge in [0, 0.05) is 13.3 Å². The summed E-state index contributed by atoms with van der Waals surface area (Å²) < 4.78 is 5.39. The summed E-state index contributed by atoms with van der Waals surface area (Å²) in [7, 11) is 0. The Kier molecular flexibility index (Phi) is 4.45. The van der Waals surface area contributed by atoms with E-state index in [0.29, 0.717) is 18.2 Å². The lowest BCUT2D eigenvalue weighted by Gasteiger charge is -2.04. The average Bonchev–Trinajstić information content (AvgIpc) is 2.65. The van der Waals surface area contributed by atoms with Crippen molar-refractivity contribution in [2.75, 3.05) is 0 Å². The Hall–Kier alpha value is -2.11. The fourth-order valence-electron chi connectivity index (χ4n) is 1.24. The molecule has 1 amide bonds. The zero-order valence-electron chi connectivity index (χ0n) is 9.93. The minimum atomic E-state index is -0.219. The average molecular weight is 236 g/mol. The van der Waals surface area contributed by atoms with Gasteiger partial charge in [0.05, 0.1) is 11.7 Å². The summed E-state index contributed by atoms with van der Waals surface area (Å²) >= 11 is 0. The molecule has 1 atom stereocenters. The molecule has 0 saturated heterocycles. The Bertz CT molecular complexity index is 436. The summed E-state index contributed by atoms with van der Waals surface area (Å²) in [5.41, 5.74) is 5.60. The summed E-state index contributed by atoms with van der Waals surface area (Å²) in [6.45, 7) is 6.82. The van der Waals surface area contributed by atoms with Crippen molar-refractivity contribution in [2.24, 2.45) is 5.73 Å². The summed E-state index contributed by atoms with van der Waals surface area (Å²) in [5.74, 6) is 0.855. The SMILES string of the molecule is C=CCc1nnc(C(C)/C=C(\N)NC(C)=O)o1. The molecule has 0 aliphatic heterocycles. The number of aromatic nitrogens is 2. The van der Waals surface area contributed by atoms with Crippen LogP contribution in [0.25, 0.3) is 0 Å². The van der Waals surface area contributed by atoms with Crippen LogP contribution in [0.1, 0.15) is 31.5 Å².